The first-order chi connectivity index (χ1) is 13.1. The average Bonchev–Trinajstić information content (AvgIpc) is 3.07. The third kappa shape index (κ3) is 5.71. The van der Waals surface area contributed by atoms with Crippen LogP contribution in [0.3, 0.4) is 0 Å². The number of hydrogen-bond acceptors (Lipinski definition) is 2. The zero-order chi connectivity index (χ0) is 19.1. The lowest BCUT2D eigenvalue weighted by atomic mass is 10.1. The summed E-state index contributed by atoms with van der Waals surface area (Å²) in [6, 6.07) is 16.8. The van der Waals surface area contributed by atoms with Crippen LogP contribution in [-0.2, 0) is 19.5 Å². The van der Waals surface area contributed by atoms with Crippen molar-refractivity contribution < 1.29 is 0 Å². The van der Waals surface area contributed by atoms with Crippen molar-refractivity contribution in [3.8, 4) is 0 Å². The maximum Gasteiger partial charge on any atom is 0.193 e. The highest BCUT2D eigenvalue weighted by molar-refractivity contribution is 5.92. The van der Waals surface area contributed by atoms with Crippen molar-refractivity contribution in [3.05, 3.63) is 83.4 Å². The fourth-order valence-electron chi connectivity index (χ4n) is 3.18. The van der Waals surface area contributed by atoms with E-state index in [1.807, 2.05) is 18.5 Å². The number of aliphatic imine (C=N–C) groups is 1. The molecule has 2 aromatic carbocycles. The third-order valence-corrected chi connectivity index (χ3v) is 4.39. The second-order valence-corrected chi connectivity index (χ2v) is 6.83. The molecule has 1 heterocycles. The number of imidazole rings is 1. The van der Waals surface area contributed by atoms with Crippen LogP contribution in [-0.4, -0.2) is 15.5 Å². The Morgan fingerprint density at radius 3 is 2.59 bits per heavy atom. The van der Waals surface area contributed by atoms with Crippen molar-refractivity contribution in [2.24, 2.45) is 10.7 Å². The summed E-state index contributed by atoms with van der Waals surface area (Å²) in [7, 11) is 0. The highest BCUT2D eigenvalue weighted by atomic mass is 15.1. The summed E-state index contributed by atoms with van der Waals surface area (Å²) in [5.74, 6) is 1.33. The molecule has 0 unspecified atom stereocenters. The van der Waals surface area contributed by atoms with E-state index in [9.17, 15) is 0 Å². The van der Waals surface area contributed by atoms with Crippen molar-refractivity contribution >= 4 is 11.6 Å². The summed E-state index contributed by atoms with van der Waals surface area (Å²) in [4.78, 5) is 8.87. The summed E-state index contributed by atoms with van der Waals surface area (Å²) >= 11 is 0. The van der Waals surface area contributed by atoms with Crippen LogP contribution in [0.2, 0.25) is 0 Å². The number of nitrogens with two attached hydrogens (primary N) is 1. The molecule has 140 valence electrons. The van der Waals surface area contributed by atoms with Gasteiger partial charge in [0.15, 0.2) is 5.96 Å². The Morgan fingerprint density at radius 1 is 1.11 bits per heavy atom. The molecule has 5 heteroatoms. The fourth-order valence-corrected chi connectivity index (χ4v) is 3.18. The molecule has 0 amide bonds. The minimum absolute atomic E-state index is 0.402. The molecule has 27 heavy (non-hydrogen) atoms. The van der Waals surface area contributed by atoms with Crippen LogP contribution >= 0.6 is 0 Å². The number of benzene rings is 2. The van der Waals surface area contributed by atoms with E-state index in [1.54, 1.807) is 0 Å². The molecule has 5 nitrogen and oxygen atoms in total. The minimum Gasteiger partial charge on any atom is -0.370 e. The Balaban J connectivity index is 1.54. The van der Waals surface area contributed by atoms with E-state index in [0.29, 0.717) is 12.5 Å². The molecule has 1 aromatic heterocycles. The van der Waals surface area contributed by atoms with Gasteiger partial charge in [-0.25, -0.2) is 9.98 Å². The molecule has 3 rings (SSSR count). The number of anilines is 1. The van der Waals surface area contributed by atoms with Gasteiger partial charge in [-0.1, -0.05) is 36.4 Å². The average molecular weight is 361 g/mol. The molecule has 0 saturated carbocycles. The lowest BCUT2D eigenvalue weighted by Crippen LogP contribution is -2.23. The van der Waals surface area contributed by atoms with Crippen molar-refractivity contribution in [2.45, 2.75) is 39.8 Å². The highest BCUT2D eigenvalue weighted by Gasteiger charge is 2.03. The molecule has 0 atom stereocenters. The molecule has 0 radical (unpaired) electrons. The van der Waals surface area contributed by atoms with Crippen molar-refractivity contribution in [3.63, 3.8) is 0 Å². The number of nitrogens with zero attached hydrogens (tertiary/aromatic N) is 3. The largest absolute Gasteiger partial charge is 0.370 e. The first kappa shape index (κ1) is 18.7. The van der Waals surface area contributed by atoms with Gasteiger partial charge < -0.3 is 15.6 Å². The van der Waals surface area contributed by atoms with Crippen LogP contribution in [0.25, 0.3) is 0 Å². The van der Waals surface area contributed by atoms with Gasteiger partial charge in [0.25, 0.3) is 0 Å². The third-order valence-electron chi connectivity index (χ3n) is 4.39. The SMILES string of the molecule is Cc1cc(C)cc(NC(N)=NCc2nccn2CCCc2ccccc2)c1. The van der Waals surface area contributed by atoms with Crippen LogP contribution in [0.4, 0.5) is 5.69 Å². The second-order valence-electron chi connectivity index (χ2n) is 6.83. The Labute approximate surface area is 161 Å². The van der Waals surface area contributed by atoms with E-state index in [0.717, 1.165) is 30.9 Å². The monoisotopic (exact) mass is 361 g/mol. The van der Waals surface area contributed by atoms with Gasteiger partial charge in [-0.05, 0) is 55.5 Å². The maximum absolute atomic E-state index is 6.05. The van der Waals surface area contributed by atoms with Gasteiger partial charge in [0.2, 0.25) is 0 Å². The molecule has 3 N–H and O–H groups in total. The van der Waals surface area contributed by atoms with Gasteiger partial charge in [-0.3, -0.25) is 0 Å². The van der Waals surface area contributed by atoms with E-state index < -0.39 is 0 Å². The predicted molar refractivity (Wildman–Crippen MR) is 112 cm³/mol. The predicted octanol–water partition coefficient (Wildman–Crippen LogP) is 4.06. The number of nitrogens with one attached hydrogen (secondary N) is 1. The first-order valence-electron chi connectivity index (χ1n) is 9.29. The fraction of sp³-hybridized carbons (Fsp3) is 0.273. The summed E-state index contributed by atoms with van der Waals surface area (Å²) in [5.41, 5.74) is 10.8. The molecule has 0 spiro atoms. The normalized spacial score (nSPS) is 11.6. The zero-order valence-corrected chi connectivity index (χ0v) is 16.0. The molecule has 0 aliphatic heterocycles. The van der Waals surface area contributed by atoms with Gasteiger partial charge in [0.1, 0.15) is 12.4 Å². The van der Waals surface area contributed by atoms with E-state index in [4.69, 9.17) is 5.73 Å². The Hall–Kier alpha value is -3.08. The first-order valence-corrected chi connectivity index (χ1v) is 9.29. The minimum atomic E-state index is 0.402. The molecular formula is C22H27N5. The van der Waals surface area contributed by atoms with Gasteiger partial charge in [-0.2, -0.15) is 0 Å². The molecule has 0 aliphatic carbocycles. The topological polar surface area (TPSA) is 68.2 Å². The number of aryl methyl sites for hydroxylation is 4. The molecular weight excluding hydrogens is 334 g/mol. The van der Waals surface area contributed by atoms with Gasteiger partial charge in [-0.15, -0.1) is 0 Å². The summed E-state index contributed by atoms with van der Waals surface area (Å²) in [6.07, 6.45) is 5.94. The summed E-state index contributed by atoms with van der Waals surface area (Å²) in [5, 5.41) is 3.16. The molecule has 0 bridgehead atoms. The lowest BCUT2D eigenvalue weighted by Gasteiger charge is -2.09. The Bertz CT molecular complexity index is 876. The number of aromatic nitrogens is 2. The maximum atomic E-state index is 6.05. The van der Waals surface area contributed by atoms with Crippen molar-refractivity contribution in [2.75, 3.05) is 5.32 Å². The van der Waals surface area contributed by atoms with Crippen molar-refractivity contribution in [1.29, 1.82) is 0 Å². The number of guanidine groups is 1. The van der Waals surface area contributed by atoms with Crippen LogP contribution in [0.15, 0.2) is 65.9 Å². The van der Waals surface area contributed by atoms with Gasteiger partial charge in [0.05, 0.1) is 0 Å². The van der Waals surface area contributed by atoms with E-state index in [-0.39, 0.29) is 0 Å². The van der Waals surface area contributed by atoms with Crippen LogP contribution < -0.4 is 11.1 Å². The summed E-state index contributed by atoms with van der Waals surface area (Å²) < 4.78 is 2.15. The van der Waals surface area contributed by atoms with E-state index in [1.165, 1.54) is 16.7 Å². The van der Waals surface area contributed by atoms with Crippen LogP contribution in [0.1, 0.15) is 28.9 Å². The van der Waals surface area contributed by atoms with E-state index in [2.05, 4.69) is 76.2 Å². The Kier molecular flexibility index (Phi) is 6.26. The quantitative estimate of drug-likeness (QED) is 0.492. The molecule has 0 saturated heterocycles. The second kappa shape index (κ2) is 9.03. The van der Waals surface area contributed by atoms with Crippen molar-refractivity contribution in [1.82, 2.24) is 9.55 Å². The lowest BCUT2D eigenvalue weighted by molar-refractivity contribution is 0.611. The van der Waals surface area contributed by atoms with Crippen LogP contribution in [0, 0.1) is 13.8 Å². The summed E-state index contributed by atoms with van der Waals surface area (Å²) in [6.45, 7) is 5.52. The Morgan fingerprint density at radius 2 is 1.85 bits per heavy atom. The zero-order valence-electron chi connectivity index (χ0n) is 16.0. The van der Waals surface area contributed by atoms with Crippen LogP contribution in [0.5, 0.6) is 0 Å². The number of rotatable bonds is 7. The van der Waals surface area contributed by atoms with E-state index >= 15 is 0 Å². The molecule has 3 aromatic rings. The highest BCUT2D eigenvalue weighted by Crippen LogP contribution is 2.13. The number of hydrogen-bond donors (Lipinski definition) is 2. The standard InChI is InChI=1S/C22H27N5/c1-17-13-18(2)15-20(14-17)26-22(23)25-16-21-24-10-12-27(21)11-6-9-19-7-4-3-5-8-19/h3-5,7-8,10,12-15H,6,9,11,16H2,1-2H3,(H3,23,25,26). The van der Waals surface area contributed by atoms with Gasteiger partial charge in [0, 0.05) is 24.6 Å². The molecule has 0 aliphatic rings. The van der Waals surface area contributed by atoms with Gasteiger partial charge >= 0.3 is 0 Å². The smallest absolute Gasteiger partial charge is 0.193 e. The molecule has 0 fully saturated rings.